The molecule has 0 bridgehead atoms. The Kier molecular flexibility index (Phi) is 3.72. The molecular formula is C14H13N3O2S. The van der Waals surface area contributed by atoms with Gasteiger partial charge in [0.25, 0.3) is 10.0 Å². The zero-order valence-corrected chi connectivity index (χ0v) is 11.9. The maximum atomic E-state index is 12.3. The molecule has 20 heavy (non-hydrogen) atoms. The van der Waals surface area contributed by atoms with Crippen LogP contribution < -0.4 is 4.72 Å². The average molecular weight is 287 g/mol. The number of hydrogen-bond acceptors (Lipinski definition) is 4. The molecular weight excluding hydrogens is 274 g/mol. The number of pyridine rings is 1. The van der Waals surface area contributed by atoms with E-state index in [4.69, 9.17) is 5.26 Å². The molecule has 1 heterocycles. The zero-order chi connectivity index (χ0) is 14.8. The lowest BCUT2D eigenvalue weighted by atomic mass is 10.1. The van der Waals surface area contributed by atoms with Crippen molar-refractivity contribution >= 4 is 15.7 Å². The number of aryl methyl sites for hydroxylation is 1. The highest BCUT2D eigenvalue weighted by atomic mass is 32.2. The van der Waals surface area contributed by atoms with Gasteiger partial charge in [-0.1, -0.05) is 12.1 Å². The maximum absolute atomic E-state index is 12.3. The number of sulfonamides is 1. The van der Waals surface area contributed by atoms with Crippen LogP contribution in [0.15, 0.2) is 41.4 Å². The van der Waals surface area contributed by atoms with Crippen LogP contribution in [0.5, 0.6) is 0 Å². The first-order chi connectivity index (χ1) is 9.45. The lowest BCUT2D eigenvalue weighted by Crippen LogP contribution is -2.15. The molecule has 0 aliphatic rings. The molecule has 0 radical (unpaired) electrons. The van der Waals surface area contributed by atoms with E-state index in [1.54, 1.807) is 18.2 Å². The van der Waals surface area contributed by atoms with Gasteiger partial charge in [0.1, 0.15) is 11.0 Å². The van der Waals surface area contributed by atoms with Crippen molar-refractivity contribution in [3.05, 3.63) is 53.3 Å². The van der Waals surface area contributed by atoms with Gasteiger partial charge in [-0.25, -0.2) is 13.4 Å². The van der Waals surface area contributed by atoms with Crippen LogP contribution in [0.25, 0.3) is 0 Å². The van der Waals surface area contributed by atoms with Gasteiger partial charge < -0.3 is 0 Å². The van der Waals surface area contributed by atoms with Gasteiger partial charge in [0.05, 0.1) is 5.69 Å². The third kappa shape index (κ3) is 2.63. The van der Waals surface area contributed by atoms with Crippen LogP contribution in [0.2, 0.25) is 0 Å². The van der Waals surface area contributed by atoms with Gasteiger partial charge in [0.2, 0.25) is 0 Å². The Labute approximate surface area is 118 Å². The summed E-state index contributed by atoms with van der Waals surface area (Å²) < 4.78 is 27.2. The maximum Gasteiger partial charge on any atom is 0.264 e. The Hall–Kier alpha value is -2.39. The zero-order valence-electron chi connectivity index (χ0n) is 11.1. The number of benzene rings is 1. The molecule has 0 saturated carbocycles. The summed E-state index contributed by atoms with van der Waals surface area (Å²) in [4.78, 5) is 3.64. The fourth-order valence-electron chi connectivity index (χ4n) is 1.75. The fraction of sp³-hybridized carbons (Fsp3) is 0.143. The summed E-state index contributed by atoms with van der Waals surface area (Å²) in [5.41, 5.74) is 2.21. The summed E-state index contributed by atoms with van der Waals surface area (Å²) in [6, 6.07) is 9.98. The molecule has 1 aromatic carbocycles. The van der Waals surface area contributed by atoms with Crippen LogP contribution in [-0.4, -0.2) is 13.4 Å². The van der Waals surface area contributed by atoms with E-state index in [9.17, 15) is 8.42 Å². The standard InChI is InChI=1S/C14H13N3O2S/c1-10-5-3-6-12(11(10)2)17-20(18,19)14-7-4-8-16-13(14)9-15/h3-8,17H,1-2H3. The van der Waals surface area contributed by atoms with Crippen molar-refractivity contribution in [2.24, 2.45) is 0 Å². The van der Waals surface area contributed by atoms with E-state index in [2.05, 4.69) is 9.71 Å². The van der Waals surface area contributed by atoms with Gasteiger partial charge in [0.15, 0.2) is 5.69 Å². The molecule has 0 fully saturated rings. The first-order valence-electron chi connectivity index (χ1n) is 5.90. The Morgan fingerprint density at radius 3 is 2.65 bits per heavy atom. The van der Waals surface area contributed by atoms with Crippen LogP contribution >= 0.6 is 0 Å². The molecule has 2 rings (SSSR count). The topological polar surface area (TPSA) is 82.8 Å². The van der Waals surface area contributed by atoms with Gasteiger partial charge in [0, 0.05) is 6.20 Å². The minimum Gasteiger partial charge on any atom is -0.279 e. The molecule has 0 spiro atoms. The van der Waals surface area contributed by atoms with Gasteiger partial charge >= 0.3 is 0 Å². The van der Waals surface area contributed by atoms with Gasteiger partial charge in [-0.2, -0.15) is 5.26 Å². The van der Waals surface area contributed by atoms with E-state index in [1.165, 1.54) is 18.3 Å². The van der Waals surface area contributed by atoms with E-state index < -0.39 is 10.0 Å². The summed E-state index contributed by atoms with van der Waals surface area (Å²) in [6.07, 6.45) is 1.38. The predicted octanol–water partition coefficient (Wildman–Crippen LogP) is 2.37. The summed E-state index contributed by atoms with van der Waals surface area (Å²) in [6.45, 7) is 3.74. The van der Waals surface area contributed by atoms with Crippen molar-refractivity contribution in [1.82, 2.24) is 4.98 Å². The average Bonchev–Trinajstić information content (AvgIpc) is 2.43. The first-order valence-corrected chi connectivity index (χ1v) is 7.38. The lowest BCUT2D eigenvalue weighted by Gasteiger charge is -2.12. The Morgan fingerprint density at radius 1 is 1.20 bits per heavy atom. The molecule has 0 aliphatic heterocycles. The number of anilines is 1. The SMILES string of the molecule is Cc1cccc(NS(=O)(=O)c2cccnc2C#N)c1C. The molecule has 1 aromatic heterocycles. The van der Waals surface area contributed by atoms with Crippen molar-refractivity contribution in [2.45, 2.75) is 18.7 Å². The third-order valence-corrected chi connectivity index (χ3v) is 4.41. The van der Waals surface area contributed by atoms with Crippen LogP contribution in [0, 0.1) is 25.2 Å². The number of nitriles is 1. The van der Waals surface area contributed by atoms with E-state index in [0.29, 0.717) is 5.69 Å². The minimum absolute atomic E-state index is 0.120. The molecule has 0 aliphatic carbocycles. The highest BCUT2D eigenvalue weighted by Crippen LogP contribution is 2.22. The molecule has 0 amide bonds. The van der Waals surface area contributed by atoms with E-state index in [1.807, 2.05) is 19.9 Å². The quantitative estimate of drug-likeness (QED) is 0.939. The van der Waals surface area contributed by atoms with E-state index in [0.717, 1.165) is 11.1 Å². The van der Waals surface area contributed by atoms with Crippen molar-refractivity contribution in [3.8, 4) is 6.07 Å². The molecule has 0 unspecified atom stereocenters. The highest BCUT2D eigenvalue weighted by molar-refractivity contribution is 7.92. The van der Waals surface area contributed by atoms with Crippen LogP contribution in [0.3, 0.4) is 0 Å². The second kappa shape index (κ2) is 5.31. The third-order valence-electron chi connectivity index (χ3n) is 3.02. The van der Waals surface area contributed by atoms with E-state index >= 15 is 0 Å². The molecule has 6 heteroatoms. The molecule has 0 atom stereocenters. The smallest absolute Gasteiger partial charge is 0.264 e. The number of hydrogen-bond donors (Lipinski definition) is 1. The normalized spacial score (nSPS) is 10.8. The number of aromatic nitrogens is 1. The highest BCUT2D eigenvalue weighted by Gasteiger charge is 2.20. The summed E-state index contributed by atoms with van der Waals surface area (Å²) >= 11 is 0. The van der Waals surface area contributed by atoms with Crippen LogP contribution in [0.4, 0.5) is 5.69 Å². The fourth-order valence-corrected chi connectivity index (χ4v) is 2.98. The molecule has 0 saturated heterocycles. The van der Waals surface area contributed by atoms with Crippen LogP contribution in [0.1, 0.15) is 16.8 Å². The molecule has 2 aromatic rings. The second-order valence-corrected chi connectivity index (χ2v) is 5.97. The van der Waals surface area contributed by atoms with Crippen molar-refractivity contribution in [3.63, 3.8) is 0 Å². The van der Waals surface area contributed by atoms with Crippen LogP contribution in [-0.2, 0) is 10.0 Å². The van der Waals surface area contributed by atoms with Crippen molar-refractivity contribution in [1.29, 1.82) is 5.26 Å². The molecule has 1 N–H and O–H groups in total. The minimum atomic E-state index is -3.83. The Morgan fingerprint density at radius 2 is 1.95 bits per heavy atom. The summed E-state index contributed by atoms with van der Waals surface area (Å²) in [5.74, 6) is 0. The van der Waals surface area contributed by atoms with Gasteiger partial charge in [-0.05, 0) is 43.2 Å². The Balaban J connectivity index is 2.47. The summed E-state index contributed by atoms with van der Waals surface area (Å²) in [7, 11) is -3.83. The largest absolute Gasteiger partial charge is 0.279 e. The van der Waals surface area contributed by atoms with Gasteiger partial charge in [-0.3, -0.25) is 4.72 Å². The first kappa shape index (κ1) is 14.0. The predicted molar refractivity (Wildman–Crippen MR) is 75.7 cm³/mol. The number of nitrogens with zero attached hydrogens (tertiary/aromatic N) is 2. The monoisotopic (exact) mass is 287 g/mol. The number of rotatable bonds is 3. The van der Waals surface area contributed by atoms with Gasteiger partial charge in [-0.15, -0.1) is 0 Å². The molecule has 5 nitrogen and oxygen atoms in total. The van der Waals surface area contributed by atoms with E-state index in [-0.39, 0.29) is 10.6 Å². The molecule has 102 valence electrons. The van der Waals surface area contributed by atoms with Crippen molar-refractivity contribution < 1.29 is 8.42 Å². The summed E-state index contributed by atoms with van der Waals surface area (Å²) in [5, 5.41) is 8.94. The second-order valence-electron chi connectivity index (χ2n) is 4.31. The van der Waals surface area contributed by atoms with Crippen molar-refractivity contribution in [2.75, 3.05) is 4.72 Å². The number of nitrogens with one attached hydrogen (secondary N) is 1. The Bertz CT molecular complexity index is 792. The lowest BCUT2D eigenvalue weighted by molar-refractivity contribution is 0.600.